The van der Waals surface area contributed by atoms with Crippen molar-refractivity contribution in [3.63, 3.8) is 0 Å². The molecule has 7 heteroatoms. The first-order valence-corrected chi connectivity index (χ1v) is 10.7. The van der Waals surface area contributed by atoms with Crippen LogP contribution in [0.15, 0.2) is 84.9 Å². The Hall–Kier alpha value is -4.75. The Morgan fingerprint density at radius 1 is 0.971 bits per heavy atom. The summed E-state index contributed by atoms with van der Waals surface area (Å²) in [5, 5.41) is 32.1. The van der Waals surface area contributed by atoms with E-state index in [9.17, 15) is 25.4 Å². The molecule has 2 heterocycles. The van der Waals surface area contributed by atoms with Crippen molar-refractivity contribution < 1.29 is 9.72 Å². The third-order valence-corrected chi connectivity index (χ3v) is 6.69. The van der Waals surface area contributed by atoms with Crippen molar-refractivity contribution in [3.8, 4) is 12.1 Å². The number of rotatable bonds is 4. The molecular weight excluding hydrogens is 428 g/mol. The highest BCUT2D eigenvalue weighted by Gasteiger charge is 2.63. The van der Waals surface area contributed by atoms with E-state index >= 15 is 0 Å². The second-order valence-corrected chi connectivity index (χ2v) is 8.37. The van der Waals surface area contributed by atoms with E-state index in [-0.39, 0.29) is 11.5 Å². The summed E-state index contributed by atoms with van der Waals surface area (Å²) >= 11 is 0. The molecular formula is C27H18N4O3. The number of fused-ring (bicyclic) bond motifs is 3. The Morgan fingerprint density at radius 2 is 1.62 bits per heavy atom. The number of non-ortho nitro benzene ring substituents is 1. The molecule has 3 aromatic rings. The number of ketones is 1. The van der Waals surface area contributed by atoms with Gasteiger partial charge in [-0.25, -0.2) is 0 Å². The first kappa shape index (κ1) is 21.1. The van der Waals surface area contributed by atoms with Gasteiger partial charge in [0.2, 0.25) is 0 Å². The van der Waals surface area contributed by atoms with Crippen LogP contribution in [0.1, 0.15) is 27.4 Å². The number of nitro groups is 1. The fourth-order valence-electron chi connectivity index (χ4n) is 5.20. The van der Waals surface area contributed by atoms with Gasteiger partial charge in [0.1, 0.15) is 6.04 Å². The number of benzene rings is 3. The van der Waals surface area contributed by atoms with Crippen molar-refractivity contribution in [2.75, 3.05) is 4.90 Å². The van der Waals surface area contributed by atoms with Crippen LogP contribution in [0.25, 0.3) is 6.08 Å². The van der Waals surface area contributed by atoms with E-state index in [1.54, 1.807) is 47.4 Å². The molecule has 0 aromatic heterocycles. The van der Waals surface area contributed by atoms with Gasteiger partial charge in [-0.05, 0) is 11.6 Å². The SMILES string of the molecule is N#CC1(C#N)[C@@H]2C=Cc3cc([N+](=O)[O-])ccc3N2[C@@H](C(=O)c2ccccc2)[C@@H]1c1ccccc1. The Morgan fingerprint density at radius 3 is 2.24 bits per heavy atom. The largest absolute Gasteiger partial charge is 0.351 e. The summed E-state index contributed by atoms with van der Waals surface area (Å²) < 4.78 is 0. The van der Waals surface area contributed by atoms with Gasteiger partial charge in [0.05, 0.1) is 23.1 Å². The number of carbonyl (C=O) groups excluding carboxylic acids is 1. The second kappa shape index (κ2) is 7.99. The lowest BCUT2D eigenvalue weighted by atomic mass is 9.69. The molecule has 0 N–H and O–H groups in total. The molecule has 1 saturated heterocycles. The highest BCUT2D eigenvalue weighted by atomic mass is 16.6. The van der Waals surface area contributed by atoms with E-state index in [0.29, 0.717) is 22.4 Å². The summed E-state index contributed by atoms with van der Waals surface area (Å²) in [5.41, 5.74) is 0.712. The fraction of sp³-hybridized carbons (Fsp3) is 0.148. The van der Waals surface area contributed by atoms with Crippen molar-refractivity contribution in [2.45, 2.75) is 18.0 Å². The lowest BCUT2D eigenvalue weighted by Gasteiger charge is -2.35. The Labute approximate surface area is 195 Å². The Bertz CT molecular complexity index is 1390. The van der Waals surface area contributed by atoms with Crippen LogP contribution in [0.2, 0.25) is 0 Å². The smallest absolute Gasteiger partial charge is 0.270 e. The molecule has 2 aliphatic heterocycles. The number of hydrogen-bond donors (Lipinski definition) is 0. The van der Waals surface area contributed by atoms with Crippen molar-refractivity contribution in [1.82, 2.24) is 0 Å². The molecule has 0 bridgehead atoms. The molecule has 1 fully saturated rings. The molecule has 3 aromatic carbocycles. The maximum absolute atomic E-state index is 14.0. The van der Waals surface area contributed by atoms with Crippen LogP contribution >= 0.6 is 0 Å². The molecule has 0 amide bonds. The zero-order valence-electron chi connectivity index (χ0n) is 17.9. The van der Waals surface area contributed by atoms with Crippen molar-refractivity contribution in [2.24, 2.45) is 5.41 Å². The third kappa shape index (κ3) is 2.99. The van der Waals surface area contributed by atoms with Gasteiger partial charge in [0.25, 0.3) is 5.69 Å². The monoisotopic (exact) mass is 446 g/mol. The summed E-state index contributed by atoms with van der Waals surface area (Å²) in [6.07, 6.45) is 3.41. The molecule has 0 radical (unpaired) electrons. The van der Waals surface area contributed by atoms with Crippen LogP contribution in [0.4, 0.5) is 11.4 Å². The van der Waals surface area contributed by atoms with Gasteiger partial charge in [-0.2, -0.15) is 10.5 Å². The van der Waals surface area contributed by atoms with E-state index in [1.807, 2.05) is 36.4 Å². The number of nitro benzene ring substituents is 1. The molecule has 2 aliphatic rings. The number of nitriles is 2. The zero-order valence-corrected chi connectivity index (χ0v) is 17.9. The molecule has 164 valence electrons. The van der Waals surface area contributed by atoms with Crippen molar-refractivity contribution in [3.05, 3.63) is 112 Å². The summed E-state index contributed by atoms with van der Waals surface area (Å²) in [7, 11) is 0. The minimum atomic E-state index is -1.55. The molecule has 0 unspecified atom stereocenters. The summed E-state index contributed by atoms with van der Waals surface area (Å²) in [5.74, 6) is -0.960. The molecule has 0 saturated carbocycles. The minimum absolute atomic E-state index is 0.0709. The first-order valence-electron chi connectivity index (χ1n) is 10.7. The predicted molar refractivity (Wildman–Crippen MR) is 126 cm³/mol. The quantitative estimate of drug-likeness (QED) is 0.321. The fourth-order valence-corrected chi connectivity index (χ4v) is 5.20. The molecule has 3 atom stereocenters. The number of carbonyl (C=O) groups is 1. The molecule has 0 spiro atoms. The summed E-state index contributed by atoms with van der Waals surface area (Å²) in [6, 6.07) is 25.3. The highest BCUT2D eigenvalue weighted by Crippen LogP contribution is 2.55. The summed E-state index contributed by atoms with van der Waals surface area (Å²) in [4.78, 5) is 26.7. The van der Waals surface area contributed by atoms with Gasteiger partial charge < -0.3 is 4.90 Å². The Kier molecular flexibility index (Phi) is 4.96. The van der Waals surface area contributed by atoms with Crippen LogP contribution in [-0.4, -0.2) is 22.8 Å². The number of hydrogen-bond acceptors (Lipinski definition) is 6. The van der Waals surface area contributed by atoms with Crippen LogP contribution in [0.3, 0.4) is 0 Å². The molecule has 34 heavy (non-hydrogen) atoms. The topological polar surface area (TPSA) is 111 Å². The van der Waals surface area contributed by atoms with E-state index in [2.05, 4.69) is 12.1 Å². The normalized spacial score (nSPS) is 21.6. The first-order chi connectivity index (χ1) is 16.5. The lowest BCUT2D eigenvalue weighted by Crippen LogP contribution is -2.44. The van der Waals surface area contributed by atoms with Crippen molar-refractivity contribution in [1.29, 1.82) is 10.5 Å². The Balaban J connectivity index is 1.78. The molecule has 7 nitrogen and oxygen atoms in total. The standard InChI is InChI=1S/C27H18N4O3/c28-16-27(17-29)23-14-11-20-15-21(31(33)34)12-13-22(20)30(23)25(24(27)18-7-3-1-4-8-18)26(32)19-9-5-2-6-10-19/h1-15,23-25H/t23-,24-,25+/m0/s1. The van der Waals surface area contributed by atoms with E-state index < -0.39 is 28.3 Å². The second-order valence-electron chi connectivity index (χ2n) is 8.37. The van der Waals surface area contributed by atoms with Gasteiger partial charge in [0, 0.05) is 34.9 Å². The maximum Gasteiger partial charge on any atom is 0.270 e. The minimum Gasteiger partial charge on any atom is -0.351 e. The van der Waals surface area contributed by atoms with E-state index in [0.717, 1.165) is 0 Å². The third-order valence-electron chi connectivity index (χ3n) is 6.69. The van der Waals surface area contributed by atoms with Gasteiger partial charge in [-0.1, -0.05) is 72.8 Å². The molecule has 5 rings (SSSR count). The van der Waals surface area contributed by atoms with Crippen LogP contribution < -0.4 is 4.90 Å². The van der Waals surface area contributed by atoms with Gasteiger partial charge in [-0.3, -0.25) is 14.9 Å². The van der Waals surface area contributed by atoms with E-state index in [4.69, 9.17) is 0 Å². The van der Waals surface area contributed by atoms with Crippen LogP contribution in [-0.2, 0) is 0 Å². The highest BCUT2D eigenvalue weighted by molar-refractivity contribution is 6.04. The van der Waals surface area contributed by atoms with Crippen LogP contribution in [0, 0.1) is 38.2 Å². The lowest BCUT2D eigenvalue weighted by molar-refractivity contribution is -0.384. The average Bonchev–Trinajstić information content (AvgIpc) is 3.19. The maximum atomic E-state index is 14.0. The predicted octanol–water partition coefficient (Wildman–Crippen LogP) is 4.88. The number of Topliss-reactive ketones (excluding diaryl/α,β-unsaturated/α-hetero) is 1. The van der Waals surface area contributed by atoms with Gasteiger partial charge in [0.15, 0.2) is 11.2 Å². The summed E-state index contributed by atoms with van der Waals surface area (Å²) in [6.45, 7) is 0. The number of nitrogens with zero attached hydrogens (tertiary/aromatic N) is 4. The van der Waals surface area contributed by atoms with Gasteiger partial charge in [-0.15, -0.1) is 0 Å². The van der Waals surface area contributed by atoms with Gasteiger partial charge >= 0.3 is 0 Å². The zero-order chi connectivity index (χ0) is 23.9. The van der Waals surface area contributed by atoms with Crippen LogP contribution in [0.5, 0.6) is 0 Å². The molecule has 0 aliphatic carbocycles. The number of anilines is 1. The average molecular weight is 446 g/mol. The van der Waals surface area contributed by atoms with E-state index in [1.165, 1.54) is 12.1 Å². The van der Waals surface area contributed by atoms with Crippen molar-refractivity contribution >= 4 is 23.2 Å².